The van der Waals surface area contributed by atoms with Gasteiger partial charge in [0.15, 0.2) is 0 Å². The maximum Gasteiger partial charge on any atom is 0.257 e. The van der Waals surface area contributed by atoms with Gasteiger partial charge in [-0.1, -0.05) is 0 Å². The van der Waals surface area contributed by atoms with Crippen molar-refractivity contribution in [3.8, 4) is 0 Å². The van der Waals surface area contributed by atoms with Crippen molar-refractivity contribution < 1.29 is 9.59 Å². The van der Waals surface area contributed by atoms with Gasteiger partial charge >= 0.3 is 0 Å². The van der Waals surface area contributed by atoms with E-state index < -0.39 is 0 Å². The van der Waals surface area contributed by atoms with Gasteiger partial charge < -0.3 is 16.4 Å². The lowest BCUT2D eigenvalue weighted by atomic mass is 10.1. The van der Waals surface area contributed by atoms with Crippen molar-refractivity contribution >= 4 is 23.2 Å². The van der Waals surface area contributed by atoms with E-state index in [-0.39, 0.29) is 18.4 Å². The van der Waals surface area contributed by atoms with E-state index in [2.05, 4.69) is 15.6 Å². The first kappa shape index (κ1) is 14.7. The number of carbonyl (C=O) groups excluding carboxylic acids is 2. The molecule has 0 aliphatic heterocycles. The molecule has 0 radical (unpaired) electrons. The summed E-state index contributed by atoms with van der Waals surface area (Å²) in [5, 5.41) is 5.46. The summed E-state index contributed by atoms with van der Waals surface area (Å²) in [6.45, 7) is 1.77. The lowest BCUT2D eigenvalue weighted by Crippen LogP contribution is -2.22. The molecule has 2 rings (SSSR count). The second-order valence-corrected chi connectivity index (χ2v) is 4.48. The number of rotatable bonds is 4. The lowest BCUT2D eigenvalue weighted by molar-refractivity contribution is -0.114. The molecule has 108 valence electrons. The van der Waals surface area contributed by atoms with Crippen LogP contribution in [-0.2, 0) is 4.79 Å². The molecule has 0 unspecified atom stereocenters. The smallest absolute Gasteiger partial charge is 0.257 e. The molecule has 0 aliphatic carbocycles. The topological polar surface area (TPSA) is 97.1 Å². The van der Waals surface area contributed by atoms with Crippen LogP contribution in [0.5, 0.6) is 0 Å². The molecule has 21 heavy (non-hydrogen) atoms. The van der Waals surface area contributed by atoms with Gasteiger partial charge in [0.2, 0.25) is 5.91 Å². The molecule has 2 amide bonds. The fraction of sp³-hybridized carbons (Fsp3) is 0.133. The van der Waals surface area contributed by atoms with Crippen LogP contribution in [0.15, 0.2) is 42.7 Å². The number of nitrogens with one attached hydrogen (secondary N) is 2. The molecule has 0 saturated carbocycles. The molecule has 1 aromatic heterocycles. The molecule has 6 nitrogen and oxygen atoms in total. The number of hydrogen-bond acceptors (Lipinski definition) is 4. The third kappa shape index (κ3) is 3.87. The lowest BCUT2D eigenvalue weighted by Gasteiger charge is -2.11. The first-order chi connectivity index (χ1) is 10.1. The van der Waals surface area contributed by atoms with Crippen molar-refractivity contribution in [3.05, 3.63) is 53.9 Å². The summed E-state index contributed by atoms with van der Waals surface area (Å²) in [6.07, 6.45) is 3.11. The van der Waals surface area contributed by atoms with Crippen molar-refractivity contribution in [1.29, 1.82) is 0 Å². The fourth-order valence-electron chi connectivity index (χ4n) is 1.79. The van der Waals surface area contributed by atoms with Crippen molar-refractivity contribution in [3.63, 3.8) is 0 Å². The monoisotopic (exact) mass is 284 g/mol. The average Bonchev–Trinajstić information content (AvgIpc) is 2.50. The Labute approximate surface area is 122 Å². The van der Waals surface area contributed by atoms with Crippen LogP contribution in [0, 0.1) is 6.92 Å². The van der Waals surface area contributed by atoms with Gasteiger partial charge in [-0.2, -0.15) is 0 Å². The molecule has 0 spiro atoms. The third-order valence-electron chi connectivity index (χ3n) is 2.87. The summed E-state index contributed by atoms with van der Waals surface area (Å²) in [5.74, 6) is -0.494. The van der Waals surface area contributed by atoms with E-state index in [1.807, 2.05) is 6.92 Å². The van der Waals surface area contributed by atoms with Gasteiger partial charge in [0, 0.05) is 23.8 Å². The normalized spacial score (nSPS) is 10.0. The van der Waals surface area contributed by atoms with E-state index in [1.165, 1.54) is 6.20 Å². The zero-order chi connectivity index (χ0) is 15.2. The maximum absolute atomic E-state index is 12.0. The first-order valence-corrected chi connectivity index (χ1v) is 6.42. The van der Waals surface area contributed by atoms with Crippen molar-refractivity contribution in [1.82, 2.24) is 4.98 Å². The Balaban J connectivity index is 2.11. The van der Waals surface area contributed by atoms with Crippen LogP contribution in [0.3, 0.4) is 0 Å². The largest absolute Gasteiger partial charge is 0.325 e. The SMILES string of the molecule is Cc1cc(NC(=O)CN)ccc1NC(=O)c1cccnc1. The number of carbonyl (C=O) groups is 2. The molecule has 6 heteroatoms. The molecule has 0 fully saturated rings. The molecule has 1 aromatic carbocycles. The van der Waals surface area contributed by atoms with Crippen molar-refractivity contribution in [2.75, 3.05) is 17.2 Å². The van der Waals surface area contributed by atoms with Crippen LogP contribution in [0.4, 0.5) is 11.4 Å². The summed E-state index contributed by atoms with van der Waals surface area (Å²) in [7, 11) is 0. The van der Waals surface area contributed by atoms with E-state index in [0.717, 1.165) is 5.56 Å². The molecular weight excluding hydrogens is 268 g/mol. The molecule has 0 aliphatic rings. The van der Waals surface area contributed by atoms with E-state index >= 15 is 0 Å². The Kier molecular flexibility index (Phi) is 4.63. The van der Waals surface area contributed by atoms with E-state index in [1.54, 1.807) is 36.5 Å². The van der Waals surface area contributed by atoms with Gasteiger partial charge in [0.05, 0.1) is 12.1 Å². The molecule has 0 atom stereocenters. The van der Waals surface area contributed by atoms with Gasteiger partial charge in [0.1, 0.15) is 0 Å². The second kappa shape index (κ2) is 6.62. The van der Waals surface area contributed by atoms with Crippen LogP contribution < -0.4 is 16.4 Å². The van der Waals surface area contributed by atoms with Gasteiger partial charge in [-0.05, 0) is 42.8 Å². The Bertz CT molecular complexity index is 656. The number of anilines is 2. The number of hydrogen-bond donors (Lipinski definition) is 3. The minimum atomic E-state index is -0.262. The Morgan fingerprint density at radius 2 is 2.05 bits per heavy atom. The molecule has 0 bridgehead atoms. The van der Waals surface area contributed by atoms with Crippen LogP contribution in [0.2, 0.25) is 0 Å². The number of aromatic nitrogens is 1. The number of pyridine rings is 1. The van der Waals surface area contributed by atoms with E-state index in [9.17, 15) is 9.59 Å². The van der Waals surface area contributed by atoms with Gasteiger partial charge in [-0.15, -0.1) is 0 Å². The molecule has 1 heterocycles. The highest BCUT2D eigenvalue weighted by atomic mass is 16.2. The highest BCUT2D eigenvalue weighted by Gasteiger charge is 2.08. The summed E-state index contributed by atoms with van der Waals surface area (Å²) < 4.78 is 0. The number of benzene rings is 1. The van der Waals surface area contributed by atoms with E-state index in [0.29, 0.717) is 16.9 Å². The van der Waals surface area contributed by atoms with Gasteiger partial charge in [0.25, 0.3) is 5.91 Å². The summed E-state index contributed by atoms with van der Waals surface area (Å²) in [5.41, 5.74) is 7.88. The molecule has 2 aromatic rings. The standard InChI is InChI=1S/C15H16N4O2/c1-10-7-12(18-14(20)8-16)4-5-13(10)19-15(21)11-3-2-6-17-9-11/h2-7,9H,8,16H2,1H3,(H,18,20)(H,19,21). The van der Waals surface area contributed by atoms with Gasteiger partial charge in [-0.25, -0.2) is 0 Å². The van der Waals surface area contributed by atoms with Crippen LogP contribution in [-0.4, -0.2) is 23.3 Å². The zero-order valence-electron chi connectivity index (χ0n) is 11.6. The quantitative estimate of drug-likeness (QED) is 0.793. The van der Waals surface area contributed by atoms with E-state index in [4.69, 9.17) is 5.73 Å². The first-order valence-electron chi connectivity index (χ1n) is 6.42. The summed E-state index contributed by atoms with van der Waals surface area (Å²) in [4.78, 5) is 27.2. The zero-order valence-corrected chi connectivity index (χ0v) is 11.6. The summed E-state index contributed by atoms with van der Waals surface area (Å²) >= 11 is 0. The third-order valence-corrected chi connectivity index (χ3v) is 2.87. The van der Waals surface area contributed by atoms with Crippen molar-refractivity contribution in [2.24, 2.45) is 5.73 Å². The highest BCUT2D eigenvalue weighted by Crippen LogP contribution is 2.20. The predicted octanol–water partition coefficient (Wildman–Crippen LogP) is 1.54. The number of amides is 2. The van der Waals surface area contributed by atoms with Crippen molar-refractivity contribution in [2.45, 2.75) is 6.92 Å². The Morgan fingerprint density at radius 3 is 2.67 bits per heavy atom. The highest BCUT2D eigenvalue weighted by molar-refractivity contribution is 6.04. The fourth-order valence-corrected chi connectivity index (χ4v) is 1.79. The molecule has 0 saturated heterocycles. The Hall–Kier alpha value is -2.73. The molecular formula is C15H16N4O2. The average molecular weight is 284 g/mol. The number of aryl methyl sites for hydroxylation is 1. The second-order valence-electron chi connectivity index (χ2n) is 4.48. The predicted molar refractivity (Wildman–Crippen MR) is 81.1 cm³/mol. The van der Waals surface area contributed by atoms with Crippen LogP contribution >= 0.6 is 0 Å². The summed E-state index contributed by atoms with van der Waals surface area (Å²) in [6, 6.07) is 8.60. The Morgan fingerprint density at radius 1 is 1.24 bits per heavy atom. The minimum Gasteiger partial charge on any atom is -0.325 e. The number of nitrogens with two attached hydrogens (primary N) is 1. The number of nitrogens with zero attached hydrogens (tertiary/aromatic N) is 1. The minimum absolute atomic E-state index is 0.0709. The molecule has 4 N–H and O–H groups in total. The van der Waals surface area contributed by atoms with Crippen LogP contribution in [0.1, 0.15) is 15.9 Å². The maximum atomic E-state index is 12.0. The van der Waals surface area contributed by atoms with Gasteiger partial charge in [-0.3, -0.25) is 14.6 Å². The van der Waals surface area contributed by atoms with Crippen LogP contribution in [0.25, 0.3) is 0 Å².